The van der Waals surface area contributed by atoms with Gasteiger partial charge in [0.05, 0.1) is 0 Å². The van der Waals surface area contributed by atoms with Crippen LogP contribution in [0.5, 0.6) is 0 Å². The van der Waals surface area contributed by atoms with Gasteiger partial charge < -0.3 is 5.11 Å². The van der Waals surface area contributed by atoms with Crippen LogP contribution in [-0.2, 0) is 0 Å². The first-order chi connectivity index (χ1) is 6.27. The molecule has 0 heterocycles. The Morgan fingerprint density at radius 1 is 1.23 bits per heavy atom. The lowest BCUT2D eigenvalue weighted by atomic mass is 9.75. The molecule has 1 saturated carbocycles. The van der Waals surface area contributed by atoms with Crippen LogP contribution in [0.2, 0.25) is 0 Å². The first-order valence-corrected chi connectivity index (χ1v) is 5.88. The van der Waals surface area contributed by atoms with Gasteiger partial charge in [-0.15, -0.1) is 0 Å². The third kappa shape index (κ3) is 3.30. The quantitative estimate of drug-likeness (QED) is 0.711. The first kappa shape index (κ1) is 11.0. The van der Waals surface area contributed by atoms with Crippen LogP contribution in [-0.4, -0.2) is 11.7 Å². The van der Waals surface area contributed by atoms with E-state index in [-0.39, 0.29) is 0 Å². The van der Waals surface area contributed by atoms with E-state index in [2.05, 4.69) is 13.8 Å². The predicted octanol–water partition coefficient (Wildman–Crippen LogP) is 3.22. The summed E-state index contributed by atoms with van der Waals surface area (Å²) in [5.41, 5.74) is 0. The fourth-order valence-electron chi connectivity index (χ4n) is 2.63. The van der Waals surface area contributed by atoms with Crippen molar-refractivity contribution in [3.05, 3.63) is 0 Å². The van der Waals surface area contributed by atoms with Gasteiger partial charge in [-0.3, -0.25) is 0 Å². The first-order valence-electron chi connectivity index (χ1n) is 5.88. The van der Waals surface area contributed by atoms with Crippen LogP contribution in [0.4, 0.5) is 0 Å². The summed E-state index contributed by atoms with van der Waals surface area (Å²) in [4.78, 5) is 0. The van der Waals surface area contributed by atoms with E-state index in [0.29, 0.717) is 12.5 Å². The molecule has 0 saturated heterocycles. The molecule has 1 nitrogen and oxygen atoms in total. The summed E-state index contributed by atoms with van der Waals surface area (Å²) in [6, 6.07) is 0. The van der Waals surface area contributed by atoms with Crippen molar-refractivity contribution >= 4 is 0 Å². The highest BCUT2D eigenvalue weighted by atomic mass is 16.3. The lowest BCUT2D eigenvalue weighted by Gasteiger charge is -2.31. The topological polar surface area (TPSA) is 20.2 Å². The van der Waals surface area contributed by atoms with Gasteiger partial charge >= 0.3 is 0 Å². The third-order valence-corrected chi connectivity index (χ3v) is 3.70. The molecule has 13 heavy (non-hydrogen) atoms. The molecule has 0 amide bonds. The van der Waals surface area contributed by atoms with E-state index < -0.39 is 0 Å². The van der Waals surface area contributed by atoms with Gasteiger partial charge in [-0.05, 0) is 43.4 Å². The van der Waals surface area contributed by atoms with Crippen molar-refractivity contribution in [3.8, 4) is 0 Å². The SMILES string of the molecule is CCCC(C)C1CCC(CO)CC1. The van der Waals surface area contributed by atoms with Crippen LogP contribution in [0.3, 0.4) is 0 Å². The highest BCUT2D eigenvalue weighted by Gasteiger charge is 2.23. The average Bonchev–Trinajstić information content (AvgIpc) is 2.18. The number of rotatable bonds is 4. The minimum absolute atomic E-state index is 0.412. The Kier molecular flexibility index (Phi) is 4.79. The standard InChI is InChI=1S/C12H24O/c1-3-4-10(2)12-7-5-11(9-13)6-8-12/h10-13H,3-9H2,1-2H3. The van der Waals surface area contributed by atoms with Gasteiger partial charge in [0.1, 0.15) is 0 Å². The number of aliphatic hydroxyl groups excluding tert-OH is 1. The Balaban J connectivity index is 2.23. The smallest absolute Gasteiger partial charge is 0.0459 e. The van der Waals surface area contributed by atoms with Crippen molar-refractivity contribution in [2.24, 2.45) is 17.8 Å². The fourth-order valence-corrected chi connectivity index (χ4v) is 2.63. The maximum atomic E-state index is 9.02. The minimum atomic E-state index is 0.412. The van der Waals surface area contributed by atoms with Gasteiger partial charge in [0.25, 0.3) is 0 Å². The van der Waals surface area contributed by atoms with E-state index in [4.69, 9.17) is 5.11 Å². The largest absolute Gasteiger partial charge is 0.396 e. The zero-order valence-corrected chi connectivity index (χ0v) is 9.13. The molecule has 0 bridgehead atoms. The van der Waals surface area contributed by atoms with E-state index >= 15 is 0 Å². The number of hydrogen-bond donors (Lipinski definition) is 1. The molecule has 78 valence electrons. The second kappa shape index (κ2) is 5.64. The summed E-state index contributed by atoms with van der Waals surface area (Å²) in [6.07, 6.45) is 7.93. The third-order valence-electron chi connectivity index (χ3n) is 3.70. The van der Waals surface area contributed by atoms with Gasteiger partial charge in [-0.1, -0.05) is 26.7 Å². The lowest BCUT2D eigenvalue weighted by Crippen LogP contribution is -2.21. The molecule has 1 fully saturated rings. The fraction of sp³-hybridized carbons (Fsp3) is 1.00. The molecular weight excluding hydrogens is 160 g/mol. The molecule has 0 aromatic heterocycles. The summed E-state index contributed by atoms with van der Waals surface area (Å²) in [5.74, 6) is 2.47. The Bertz CT molecular complexity index is 125. The molecule has 1 heteroatoms. The monoisotopic (exact) mass is 184 g/mol. The van der Waals surface area contributed by atoms with E-state index in [1.165, 1.54) is 38.5 Å². The zero-order chi connectivity index (χ0) is 9.68. The molecule has 0 aromatic carbocycles. The van der Waals surface area contributed by atoms with E-state index in [1.807, 2.05) is 0 Å². The summed E-state index contributed by atoms with van der Waals surface area (Å²) in [5, 5.41) is 9.02. The van der Waals surface area contributed by atoms with E-state index in [0.717, 1.165) is 11.8 Å². The number of hydrogen-bond acceptors (Lipinski definition) is 1. The van der Waals surface area contributed by atoms with Gasteiger partial charge in [0.15, 0.2) is 0 Å². The highest BCUT2D eigenvalue weighted by Crippen LogP contribution is 2.34. The lowest BCUT2D eigenvalue weighted by molar-refractivity contribution is 0.144. The van der Waals surface area contributed by atoms with Crippen LogP contribution < -0.4 is 0 Å². The Morgan fingerprint density at radius 3 is 2.31 bits per heavy atom. The zero-order valence-electron chi connectivity index (χ0n) is 9.13. The predicted molar refractivity (Wildman–Crippen MR) is 56.6 cm³/mol. The summed E-state index contributed by atoms with van der Waals surface area (Å²) in [6.45, 7) is 5.08. The van der Waals surface area contributed by atoms with Gasteiger partial charge in [0, 0.05) is 6.61 Å². The van der Waals surface area contributed by atoms with Gasteiger partial charge in [-0.2, -0.15) is 0 Å². The molecule has 1 atom stereocenters. The minimum Gasteiger partial charge on any atom is -0.396 e. The van der Waals surface area contributed by atoms with Gasteiger partial charge in [-0.25, -0.2) is 0 Å². The maximum Gasteiger partial charge on any atom is 0.0459 e. The van der Waals surface area contributed by atoms with Crippen molar-refractivity contribution in [3.63, 3.8) is 0 Å². The van der Waals surface area contributed by atoms with Crippen molar-refractivity contribution in [2.45, 2.75) is 52.4 Å². The highest BCUT2D eigenvalue weighted by molar-refractivity contribution is 4.75. The second-order valence-electron chi connectivity index (χ2n) is 4.73. The molecule has 0 aromatic rings. The van der Waals surface area contributed by atoms with Crippen LogP contribution >= 0.6 is 0 Å². The van der Waals surface area contributed by atoms with Crippen molar-refractivity contribution < 1.29 is 5.11 Å². The molecule has 0 aliphatic heterocycles. The molecule has 1 rings (SSSR count). The molecule has 1 aliphatic carbocycles. The van der Waals surface area contributed by atoms with E-state index in [1.54, 1.807) is 0 Å². The van der Waals surface area contributed by atoms with Crippen molar-refractivity contribution in [1.82, 2.24) is 0 Å². The average molecular weight is 184 g/mol. The maximum absolute atomic E-state index is 9.02. The summed E-state index contributed by atoms with van der Waals surface area (Å²) >= 11 is 0. The molecule has 0 radical (unpaired) electrons. The summed E-state index contributed by atoms with van der Waals surface area (Å²) < 4.78 is 0. The Morgan fingerprint density at radius 2 is 1.85 bits per heavy atom. The normalized spacial score (nSPS) is 31.6. The molecule has 1 N–H and O–H groups in total. The molecular formula is C12H24O. The molecule has 1 unspecified atom stereocenters. The Hall–Kier alpha value is -0.0400. The van der Waals surface area contributed by atoms with Crippen LogP contribution in [0.1, 0.15) is 52.4 Å². The van der Waals surface area contributed by atoms with E-state index in [9.17, 15) is 0 Å². The molecule has 1 aliphatic rings. The van der Waals surface area contributed by atoms with Crippen molar-refractivity contribution in [1.29, 1.82) is 0 Å². The van der Waals surface area contributed by atoms with Crippen LogP contribution in [0.15, 0.2) is 0 Å². The van der Waals surface area contributed by atoms with Crippen LogP contribution in [0.25, 0.3) is 0 Å². The van der Waals surface area contributed by atoms with Gasteiger partial charge in [0.2, 0.25) is 0 Å². The number of aliphatic hydroxyl groups is 1. The second-order valence-corrected chi connectivity index (χ2v) is 4.73. The Labute approximate surface area is 82.5 Å². The van der Waals surface area contributed by atoms with Crippen LogP contribution in [0, 0.1) is 17.8 Å². The molecule has 0 spiro atoms. The summed E-state index contributed by atoms with van der Waals surface area (Å²) in [7, 11) is 0. The van der Waals surface area contributed by atoms with Crippen molar-refractivity contribution in [2.75, 3.05) is 6.61 Å².